The molecule has 3 aromatic rings. The van der Waals surface area contributed by atoms with E-state index >= 15 is 0 Å². The minimum atomic E-state index is -0.380. The van der Waals surface area contributed by atoms with Crippen LogP contribution in [0, 0.1) is 0 Å². The molecular weight excluding hydrogens is 459 g/mol. The van der Waals surface area contributed by atoms with Crippen molar-refractivity contribution < 1.29 is 4.74 Å². The van der Waals surface area contributed by atoms with E-state index < -0.39 is 0 Å². The summed E-state index contributed by atoms with van der Waals surface area (Å²) in [7, 11) is 1.65. The van der Waals surface area contributed by atoms with Crippen LogP contribution in [0.1, 0.15) is 42.3 Å². The number of rotatable bonds is 8. The molecule has 33 heavy (non-hydrogen) atoms. The summed E-state index contributed by atoms with van der Waals surface area (Å²) >= 11 is 12.7. The number of nitrogens with zero attached hydrogens (tertiary/aromatic N) is 6. The van der Waals surface area contributed by atoms with Gasteiger partial charge in [-0.05, 0) is 73.4 Å². The van der Waals surface area contributed by atoms with Gasteiger partial charge in [0.15, 0.2) is 0 Å². The van der Waals surface area contributed by atoms with Crippen molar-refractivity contribution in [3.63, 3.8) is 0 Å². The molecule has 0 amide bonds. The summed E-state index contributed by atoms with van der Waals surface area (Å²) in [6.45, 7) is 2.68. The summed E-state index contributed by atoms with van der Waals surface area (Å²) in [6.07, 6.45) is 4.21. The molecule has 1 aromatic heterocycles. The molecular formula is C24H26Cl2N6O. The molecule has 0 saturated carbocycles. The fourth-order valence-corrected chi connectivity index (χ4v) is 4.67. The second-order valence-electron chi connectivity index (χ2n) is 8.17. The van der Waals surface area contributed by atoms with Crippen molar-refractivity contribution >= 4 is 23.2 Å². The lowest BCUT2D eigenvalue weighted by Crippen LogP contribution is -2.33. The maximum atomic E-state index is 9.24. The fourth-order valence-electron chi connectivity index (χ4n) is 4.18. The van der Waals surface area contributed by atoms with Crippen molar-refractivity contribution in [2.45, 2.75) is 31.7 Å². The molecule has 4 rings (SSSR count). The SMILES string of the molecule is COc1ccc(Cc2cc(C(CN3CCCCC3)N=[N+]=[N-])nn2-c2ccc(Cl)cc2Cl)cc1. The Morgan fingerprint density at radius 2 is 1.85 bits per heavy atom. The number of benzene rings is 2. The third-order valence-electron chi connectivity index (χ3n) is 5.90. The molecule has 0 spiro atoms. The van der Waals surface area contributed by atoms with Crippen LogP contribution in [-0.2, 0) is 6.42 Å². The first-order valence-electron chi connectivity index (χ1n) is 11.0. The van der Waals surface area contributed by atoms with Gasteiger partial charge in [0.2, 0.25) is 0 Å². The van der Waals surface area contributed by atoms with Gasteiger partial charge in [0, 0.05) is 28.6 Å². The number of piperidine rings is 1. The number of ether oxygens (including phenoxy) is 1. The van der Waals surface area contributed by atoms with Crippen molar-refractivity contribution in [3.05, 3.63) is 86.0 Å². The zero-order valence-corrected chi connectivity index (χ0v) is 20.0. The smallest absolute Gasteiger partial charge is 0.118 e. The predicted molar refractivity (Wildman–Crippen MR) is 132 cm³/mol. The Balaban J connectivity index is 1.71. The van der Waals surface area contributed by atoms with E-state index in [1.807, 2.05) is 41.1 Å². The van der Waals surface area contributed by atoms with Gasteiger partial charge in [0.05, 0.1) is 29.6 Å². The number of hydrogen-bond donors (Lipinski definition) is 0. The zero-order valence-electron chi connectivity index (χ0n) is 18.5. The Morgan fingerprint density at radius 3 is 2.52 bits per heavy atom. The maximum absolute atomic E-state index is 9.24. The van der Waals surface area contributed by atoms with Gasteiger partial charge in [-0.3, -0.25) is 0 Å². The Kier molecular flexibility index (Phi) is 7.78. The van der Waals surface area contributed by atoms with Crippen LogP contribution in [-0.4, -0.2) is 41.4 Å². The van der Waals surface area contributed by atoms with E-state index in [9.17, 15) is 5.53 Å². The Bertz CT molecular complexity index is 1130. The molecule has 7 nitrogen and oxygen atoms in total. The van der Waals surface area contributed by atoms with Gasteiger partial charge in [0.1, 0.15) is 5.75 Å². The van der Waals surface area contributed by atoms with Crippen LogP contribution in [0.5, 0.6) is 5.75 Å². The number of halogens is 2. The molecule has 1 aliphatic heterocycles. The summed E-state index contributed by atoms with van der Waals surface area (Å²) in [4.78, 5) is 5.46. The first-order chi connectivity index (χ1) is 16.1. The summed E-state index contributed by atoms with van der Waals surface area (Å²) in [6, 6.07) is 14.9. The van der Waals surface area contributed by atoms with Crippen LogP contribution in [0.4, 0.5) is 0 Å². The number of likely N-dealkylation sites (tertiary alicyclic amines) is 1. The monoisotopic (exact) mass is 484 g/mol. The average Bonchev–Trinajstić information content (AvgIpc) is 3.23. The van der Waals surface area contributed by atoms with Gasteiger partial charge in [-0.1, -0.05) is 46.9 Å². The quantitative estimate of drug-likeness (QED) is 0.204. The largest absolute Gasteiger partial charge is 0.497 e. The Morgan fingerprint density at radius 1 is 1.09 bits per heavy atom. The number of azide groups is 1. The first kappa shape index (κ1) is 23.5. The van der Waals surface area contributed by atoms with Crippen molar-refractivity contribution in [1.82, 2.24) is 14.7 Å². The molecule has 1 saturated heterocycles. The van der Waals surface area contributed by atoms with Crippen LogP contribution >= 0.6 is 23.2 Å². The fraction of sp³-hybridized carbons (Fsp3) is 0.375. The van der Waals surface area contributed by atoms with Crippen LogP contribution in [0.2, 0.25) is 10.0 Å². The molecule has 172 valence electrons. The molecule has 0 N–H and O–H groups in total. The summed E-state index contributed by atoms with van der Waals surface area (Å²) in [5, 5.41) is 10.0. The second kappa shape index (κ2) is 10.9. The van der Waals surface area contributed by atoms with Gasteiger partial charge < -0.3 is 9.64 Å². The molecule has 0 aliphatic carbocycles. The van der Waals surface area contributed by atoms with Crippen molar-refractivity contribution in [3.8, 4) is 11.4 Å². The average molecular weight is 485 g/mol. The van der Waals surface area contributed by atoms with Crippen LogP contribution in [0.3, 0.4) is 0 Å². The van der Waals surface area contributed by atoms with E-state index in [0.717, 1.165) is 41.5 Å². The highest BCUT2D eigenvalue weighted by atomic mass is 35.5. The lowest BCUT2D eigenvalue weighted by Gasteiger charge is -2.28. The van der Waals surface area contributed by atoms with Crippen LogP contribution < -0.4 is 4.74 Å². The predicted octanol–water partition coefficient (Wildman–Crippen LogP) is 6.62. The first-order valence-corrected chi connectivity index (χ1v) is 11.8. The summed E-state index contributed by atoms with van der Waals surface area (Å²) in [5.74, 6) is 0.804. The molecule has 0 radical (unpaired) electrons. The lowest BCUT2D eigenvalue weighted by atomic mass is 10.1. The van der Waals surface area contributed by atoms with Gasteiger partial charge >= 0.3 is 0 Å². The van der Waals surface area contributed by atoms with E-state index in [0.29, 0.717) is 23.0 Å². The Labute approximate surface area is 203 Å². The van der Waals surface area contributed by atoms with Crippen molar-refractivity contribution in [2.75, 3.05) is 26.7 Å². The summed E-state index contributed by atoms with van der Waals surface area (Å²) < 4.78 is 7.10. The van der Waals surface area contributed by atoms with E-state index in [1.54, 1.807) is 19.2 Å². The van der Waals surface area contributed by atoms with E-state index in [4.69, 9.17) is 33.0 Å². The van der Waals surface area contributed by atoms with Gasteiger partial charge in [-0.2, -0.15) is 5.10 Å². The number of methoxy groups -OCH3 is 1. The number of aromatic nitrogens is 2. The minimum absolute atomic E-state index is 0.380. The zero-order chi connectivity index (χ0) is 23.2. The highest BCUT2D eigenvalue weighted by molar-refractivity contribution is 6.35. The molecule has 0 bridgehead atoms. The molecule has 1 fully saturated rings. The third kappa shape index (κ3) is 5.81. The van der Waals surface area contributed by atoms with E-state index in [1.165, 1.54) is 19.3 Å². The van der Waals surface area contributed by atoms with Gasteiger partial charge in [0.25, 0.3) is 0 Å². The topological polar surface area (TPSA) is 79.1 Å². The normalized spacial score (nSPS) is 15.1. The molecule has 1 atom stereocenters. The minimum Gasteiger partial charge on any atom is -0.497 e. The lowest BCUT2D eigenvalue weighted by molar-refractivity contribution is 0.215. The van der Waals surface area contributed by atoms with Crippen molar-refractivity contribution in [2.24, 2.45) is 5.11 Å². The third-order valence-corrected chi connectivity index (χ3v) is 6.43. The van der Waals surface area contributed by atoms with Gasteiger partial charge in [-0.25, -0.2) is 4.68 Å². The maximum Gasteiger partial charge on any atom is 0.118 e. The second-order valence-corrected chi connectivity index (χ2v) is 9.02. The molecule has 2 aromatic carbocycles. The van der Waals surface area contributed by atoms with Crippen LogP contribution in [0.25, 0.3) is 16.1 Å². The standard InChI is InChI=1S/C24H26Cl2N6O/c1-33-20-8-5-17(6-9-20)13-19-15-22(23(28-30-27)16-31-11-3-2-4-12-31)29-32(19)24-10-7-18(25)14-21(24)26/h5-10,14-15,23H,2-4,11-13,16H2,1H3. The molecule has 9 heteroatoms. The highest BCUT2D eigenvalue weighted by Gasteiger charge is 2.22. The molecule has 1 unspecified atom stereocenters. The highest BCUT2D eigenvalue weighted by Crippen LogP contribution is 2.29. The summed E-state index contributed by atoms with van der Waals surface area (Å²) in [5.41, 5.74) is 12.7. The molecule has 2 heterocycles. The van der Waals surface area contributed by atoms with E-state index in [-0.39, 0.29) is 6.04 Å². The van der Waals surface area contributed by atoms with E-state index in [2.05, 4.69) is 14.9 Å². The Hall–Kier alpha value is -2.70. The number of hydrogen-bond acceptors (Lipinski definition) is 4. The van der Waals surface area contributed by atoms with Gasteiger partial charge in [-0.15, -0.1) is 0 Å². The molecule has 1 aliphatic rings. The van der Waals surface area contributed by atoms with Crippen LogP contribution in [0.15, 0.2) is 53.6 Å². The van der Waals surface area contributed by atoms with Crippen molar-refractivity contribution in [1.29, 1.82) is 0 Å².